The molecule has 2 aliphatic rings. The molecule has 0 aromatic heterocycles. The number of phenolic OH excluding ortho intramolecular Hbond substituents is 1. The zero-order valence-electron chi connectivity index (χ0n) is 9.28. The Bertz CT molecular complexity index is 388. The first kappa shape index (κ1) is 9.97. The van der Waals surface area contributed by atoms with Gasteiger partial charge in [-0.05, 0) is 30.9 Å². The first-order valence-electron chi connectivity index (χ1n) is 6.02. The van der Waals surface area contributed by atoms with Crippen molar-refractivity contribution in [2.24, 2.45) is 0 Å². The number of phenols is 1. The fourth-order valence-electron chi connectivity index (χ4n) is 2.26. The molecule has 1 aliphatic heterocycles. The third-order valence-corrected chi connectivity index (χ3v) is 3.39. The van der Waals surface area contributed by atoms with Gasteiger partial charge < -0.3 is 15.2 Å². The Morgan fingerprint density at radius 2 is 2.19 bits per heavy atom. The highest BCUT2D eigenvalue weighted by Gasteiger charge is 2.25. The van der Waals surface area contributed by atoms with Gasteiger partial charge in [0.15, 0.2) is 0 Å². The minimum absolute atomic E-state index is 0.287. The van der Waals surface area contributed by atoms with E-state index < -0.39 is 0 Å². The molecule has 3 heteroatoms. The highest BCUT2D eigenvalue weighted by atomic mass is 16.5. The standard InChI is InChI=1S/C13H17NO2/c15-11-3-4-12-9(8-14-10-1-2-10)5-6-16-13(12)7-11/h3-4,7,9-10,14-15H,1-2,5-6,8H2. The minimum Gasteiger partial charge on any atom is -0.508 e. The van der Waals surface area contributed by atoms with Gasteiger partial charge in [0.25, 0.3) is 0 Å². The van der Waals surface area contributed by atoms with Gasteiger partial charge in [0.1, 0.15) is 11.5 Å². The predicted molar refractivity (Wildman–Crippen MR) is 62.0 cm³/mol. The molecule has 0 saturated heterocycles. The highest BCUT2D eigenvalue weighted by Crippen LogP contribution is 2.36. The maximum atomic E-state index is 9.41. The number of hydrogen-bond acceptors (Lipinski definition) is 3. The first-order valence-corrected chi connectivity index (χ1v) is 6.02. The molecule has 1 atom stereocenters. The summed E-state index contributed by atoms with van der Waals surface area (Å²) in [6.45, 7) is 1.79. The van der Waals surface area contributed by atoms with Crippen LogP contribution in [0.15, 0.2) is 18.2 Å². The Morgan fingerprint density at radius 1 is 1.31 bits per heavy atom. The largest absolute Gasteiger partial charge is 0.508 e. The van der Waals surface area contributed by atoms with Crippen LogP contribution in [0, 0.1) is 0 Å². The molecule has 1 saturated carbocycles. The molecule has 1 fully saturated rings. The number of benzene rings is 1. The van der Waals surface area contributed by atoms with Crippen molar-refractivity contribution < 1.29 is 9.84 Å². The fourth-order valence-corrected chi connectivity index (χ4v) is 2.26. The topological polar surface area (TPSA) is 41.5 Å². The fraction of sp³-hybridized carbons (Fsp3) is 0.538. The molecule has 16 heavy (non-hydrogen) atoms. The van der Waals surface area contributed by atoms with Crippen LogP contribution < -0.4 is 10.1 Å². The van der Waals surface area contributed by atoms with E-state index in [-0.39, 0.29) is 5.75 Å². The molecular weight excluding hydrogens is 202 g/mol. The van der Waals surface area contributed by atoms with E-state index in [2.05, 4.69) is 5.32 Å². The second-order valence-electron chi connectivity index (χ2n) is 4.74. The van der Waals surface area contributed by atoms with Crippen molar-refractivity contribution in [3.8, 4) is 11.5 Å². The molecule has 2 N–H and O–H groups in total. The summed E-state index contributed by atoms with van der Waals surface area (Å²) < 4.78 is 5.57. The van der Waals surface area contributed by atoms with E-state index in [1.54, 1.807) is 12.1 Å². The SMILES string of the molecule is Oc1ccc2c(c1)OCCC2CNC1CC1. The summed E-state index contributed by atoms with van der Waals surface area (Å²) in [5.74, 6) is 1.67. The summed E-state index contributed by atoms with van der Waals surface area (Å²) in [6, 6.07) is 6.21. The van der Waals surface area contributed by atoms with Crippen molar-refractivity contribution >= 4 is 0 Å². The van der Waals surface area contributed by atoms with Gasteiger partial charge >= 0.3 is 0 Å². The second kappa shape index (κ2) is 3.98. The van der Waals surface area contributed by atoms with Crippen LogP contribution in [0.5, 0.6) is 11.5 Å². The Labute approximate surface area is 95.4 Å². The van der Waals surface area contributed by atoms with Crippen molar-refractivity contribution in [2.45, 2.75) is 31.2 Å². The summed E-state index contributed by atoms with van der Waals surface area (Å²) in [5.41, 5.74) is 1.23. The van der Waals surface area contributed by atoms with Crippen LogP contribution in [-0.2, 0) is 0 Å². The lowest BCUT2D eigenvalue weighted by Gasteiger charge is -2.26. The van der Waals surface area contributed by atoms with Crippen molar-refractivity contribution in [3.63, 3.8) is 0 Å². The van der Waals surface area contributed by atoms with Gasteiger partial charge in [-0.15, -0.1) is 0 Å². The van der Waals surface area contributed by atoms with E-state index in [1.807, 2.05) is 6.07 Å². The quantitative estimate of drug-likeness (QED) is 0.817. The van der Waals surface area contributed by atoms with E-state index in [4.69, 9.17) is 4.74 Å². The van der Waals surface area contributed by atoms with Crippen molar-refractivity contribution in [1.82, 2.24) is 5.32 Å². The molecule has 1 unspecified atom stereocenters. The normalized spacial score (nSPS) is 23.6. The van der Waals surface area contributed by atoms with Crippen molar-refractivity contribution in [2.75, 3.05) is 13.2 Å². The van der Waals surface area contributed by atoms with Crippen LogP contribution in [0.1, 0.15) is 30.7 Å². The highest BCUT2D eigenvalue weighted by molar-refractivity contribution is 5.43. The molecule has 86 valence electrons. The summed E-state index contributed by atoms with van der Waals surface area (Å²) >= 11 is 0. The smallest absolute Gasteiger partial charge is 0.126 e. The van der Waals surface area contributed by atoms with Gasteiger partial charge in [-0.3, -0.25) is 0 Å². The van der Waals surface area contributed by atoms with E-state index in [9.17, 15) is 5.11 Å². The van der Waals surface area contributed by atoms with Crippen LogP contribution in [-0.4, -0.2) is 24.3 Å². The lowest BCUT2D eigenvalue weighted by molar-refractivity contribution is 0.263. The Kier molecular flexibility index (Phi) is 2.48. The first-order chi connectivity index (χ1) is 7.83. The van der Waals surface area contributed by atoms with E-state index >= 15 is 0 Å². The minimum atomic E-state index is 0.287. The summed E-state index contributed by atoms with van der Waals surface area (Å²) in [6.07, 6.45) is 3.72. The number of ether oxygens (including phenoxy) is 1. The van der Waals surface area contributed by atoms with Crippen molar-refractivity contribution in [3.05, 3.63) is 23.8 Å². The Morgan fingerprint density at radius 3 is 3.00 bits per heavy atom. The average molecular weight is 219 g/mol. The maximum absolute atomic E-state index is 9.41. The van der Waals surface area contributed by atoms with Crippen LogP contribution in [0.25, 0.3) is 0 Å². The molecule has 0 spiro atoms. The molecule has 0 amide bonds. The van der Waals surface area contributed by atoms with Crippen LogP contribution >= 0.6 is 0 Å². The average Bonchev–Trinajstić information content (AvgIpc) is 3.09. The lowest BCUT2D eigenvalue weighted by atomic mass is 9.93. The van der Waals surface area contributed by atoms with Gasteiger partial charge in [0.2, 0.25) is 0 Å². The van der Waals surface area contributed by atoms with E-state index in [1.165, 1.54) is 18.4 Å². The number of hydrogen-bond donors (Lipinski definition) is 2. The van der Waals surface area contributed by atoms with E-state index in [0.29, 0.717) is 5.92 Å². The van der Waals surface area contributed by atoms with Gasteiger partial charge in [0.05, 0.1) is 6.61 Å². The van der Waals surface area contributed by atoms with Crippen LogP contribution in [0.2, 0.25) is 0 Å². The molecular formula is C13H17NO2. The monoisotopic (exact) mass is 219 g/mol. The summed E-state index contributed by atoms with van der Waals surface area (Å²) in [7, 11) is 0. The zero-order chi connectivity index (χ0) is 11.0. The summed E-state index contributed by atoms with van der Waals surface area (Å²) in [4.78, 5) is 0. The lowest BCUT2D eigenvalue weighted by Crippen LogP contribution is -2.27. The Hall–Kier alpha value is -1.22. The molecule has 1 aromatic rings. The van der Waals surface area contributed by atoms with E-state index in [0.717, 1.165) is 31.4 Å². The molecule has 1 aromatic carbocycles. The third kappa shape index (κ3) is 2.00. The van der Waals surface area contributed by atoms with Crippen molar-refractivity contribution in [1.29, 1.82) is 0 Å². The molecule has 3 nitrogen and oxygen atoms in total. The molecule has 1 heterocycles. The van der Waals surface area contributed by atoms with Gasteiger partial charge in [-0.25, -0.2) is 0 Å². The molecule has 0 radical (unpaired) electrons. The number of fused-ring (bicyclic) bond motifs is 1. The number of nitrogens with one attached hydrogen (secondary N) is 1. The number of aromatic hydroxyl groups is 1. The predicted octanol–water partition coefficient (Wildman–Crippen LogP) is 2.01. The molecule has 3 rings (SSSR count). The Balaban J connectivity index is 1.76. The summed E-state index contributed by atoms with van der Waals surface area (Å²) in [5, 5.41) is 13.0. The van der Waals surface area contributed by atoms with Crippen LogP contribution in [0.3, 0.4) is 0 Å². The van der Waals surface area contributed by atoms with Gasteiger partial charge in [-0.1, -0.05) is 6.07 Å². The molecule has 0 bridgehead atoms. The number of rotatable bonds is 3. The third-order valence-electron chi connectivity index (χ3n) is 3.39. The molecule has 1 aliphatic carbocycles. The van der Waals surface area contributed by atoms with Gasteiger partial charge in [0, 0.05) is 24.6 Å². The van der Waals surface area contributed by atoms with Gasteiger partial charge in [-0.2, -0.15) is 0 Å². The van der Waals surface area contributed by atoms with Crippen LogP contribution in [0.4, 0.5) is 0 Å². The maximum Gasteiger partial charge on any atom is 0.126 e. The zero-order valence-corrected chi connectivity index (χ0v) is 9.28. The second-order valence-corrected chi connectivity index (χ2v) is 4.74.